The van der Waals surface area contributed by atoms with Crippen molar-refractivity contribution in [1.29, 1.82) is 0 Å². The Hall–Kier alpha value is -3.17. The van der Waals surface area contributed by atoms with Crippen LogP contribution in [0.25, 0.3) is 16.6 Å². The van der Waals surface area contributed by atoms with Crippen LogP contribution in [0.4, 0.5) is 11.8 Å². The predicted molar refractivity (Wildman–Crippen MR) is 131 cm³/mol. The zero-order chi connectivity index (χ0) is 23.2. The first-order valence-electron chi connectivity index (χ1n) is 11.5. The van der Waals surface area contributed by atoms with Gasteiger partial charge in [0.15, 0.2) is 0 Å². The summed E-state index contributed by atoms with van der Waals surface area (Å²) < 4.78 is 7.39. The third-order valence-electron chi connectivity index (χ3n) is 5.63. The van der Waals surface area contributed by atoms with Gasteiger partial charge < -0.3 is 29.7 Å². The number of aromatic nitrogens is 3. The van der Waals surface area contributed by atoms with Crippen LogP contribution in [-0.4, -0.2) is 78.8 Å². The molecule has 1 amide bonds. The molecular weight excluding hydrogens is 418 g/mol. The number of anilines is 2. The van der Waals surface area contributed by atoms with E-state index >= 15 is 0 Å². The number of rotatable bonds is 9. The number of nitrogens with zero attached hydrogens (tertiary/aromatic N) is 5. The molecule has 0 radical (unpaired) electrons. The van der Waals surface area contributed by atoms with Crippen molar-refractivity contribution in [2.24, 2.45) is 0 Å². The lowest BCUT2D eigenvalue weighted by atomic mass is 10.2. The van der Waals surface area contributed by atoms with Crippen LogP contribution >= 0.6 is 0 Å². The van der Waals surface area contributed by atoms with Gasteiger partial charge in [-0.15, -0.1) is 0 Å². The highest BCUT2D eigenvalue weighted by molar-refractivity contribution is 5.91. The van der Waals surface area contributed by atoms with Crippen LogP contribution in [0.15, 0.2) is 36.7 Å². The van der Waals surface area contributed by atoms with E-state index in [1.54, 1.807) is 0 Å². The summed E-state index contributed by atoms with van der Waals surface area (Å²) in [7, 11) is 3.90. The van der Waals surface area contributed by atoms with Gasteiger partial charge in [-0.2, -0.15) is 4.98 Å². The SMILES string of the molecule is CCCNc1nc(N(C)C)nc2cc(-n3ccc(CNCC(=O)N4CCOCC4)c3)ccc12. The van der Waals surface area contributed by atoms with Crippen molar-refractivity contribution in [1.82, 2.24) is 24.8 Å². The Morgan fingerprint density at radius 3 is 2.76 bits per heavy atom. The van der Waals surface area contributed by atoms with Crippen molar-refractivity contribution in [2.45, 2.75) is 19.9 Å². The molecule has 0 aliphatic carbocycles. The molecule has 9 heteroatoms. The van der Waals surface area contributed by atoms with Crippen LogP contribution < -0.4 is 15.5 Å². The molecule has 1 aliphatic rings. The maximum absolute atomic E-state index is 12.3. The van der Waals surface area contributed by atoms with Crippen molar-refractivity contribution < 1.29 is 9.53 Å². The molecular formula is C24H33N7O2. The van der Waals surface area contributed by atoms with E-state index in [2.05, 4.69) is 57.6 Å². The van der Waals surface area contributed by atoms with Crippen LogP contribution in [-0.2, 0) is 16.1 Å². The molecule has 3 heterocycles. The third-order valence-corrected chi connectivity index (χ3v) is 5.63. The molecule has 3 aromatic rings. The minimum atomic E-state index is 0.121. The molecule has 176 valence electrons. The lowest BCUT2D eigenvalue weighted by molar-refractivity contribution is -0.134. The lowest BCUT2D eigenvalue weighted by Gasteiger charge is -2.26. The highest BCUT2D eigenvalue weighted by Gasteiger charge is 2.16. The van der Waals surface area contributed by atoms with E-state index in [-0.39, 0.29) is 5.91 Å². The van der Waals surface area contributed by atoms with Crippen LogP contribution in [0.1, 0.15) is 18.9 Å². The van der Waals surface area contributed by atoms with E-state index in [4.69, 9.17) is 9.72 Å². The predicted octanol–water partition coefficient (Wildman–Crippen LogP) is 2.26. The second kappa shape index (κ2) is 10.6. The Balaban J connectivity index is 1.46. The number of morpholine rings is 1. The first-order valence-corrected chi connectivity index (χ1v) is 11.5. The van der Waals surface area contributed by atoms with E-state index in [1.807, 2.05) is 30.1 Å². The molecule has 1 saturated heterocycles. The van der Waals surface area contributed by atoms with Gasteiger partial charge in [0.05, 0.1) is 25.3 Å². The average molecular weight is 452 g/mol. The number of nitrogens with one attached hydrogen (secondary N) is 2. The van der Waals surface area contributed by atoms with Gasteiger partial charge in [-0.3, -0.25) is 4.79 Å². The summed E-state index contributed by atoms with van der Waals surface area (Å²) >= 11 is 0. The zero-order valence-corrected chi connectivity index (χ0v) is 19.7. The van der Waals surface area contributed by atoms with Gasteiger partial charge in [0.25, 0.3) is 0 Å². The monoisotopic (exact) mass is 451 g/mol. The summed E-state index contributed by atoms with van der Waals surface area (Å²) in [6.45, 7) is 6.56. The number of hydrogen-bond donors (Lipinski definition) is 2. The number of carbonyl (C=O) groups excluding carboxylic acids is 1. The molecule has 1 fully saturated rings. The maximum Gasteiger partial charge on any atom is 0.236 e. The molecule has 33 heavy (non-hydrogen) atoms. The lowest BCUT2D eigenvalue weighted by Crippen LogP contribution is -2.44. The van der Waals surface area contributed by atoms with Crippen molar-refractivity contribution in [3.8, 4) is 5.69 Å². The van der Waals surface area contributed by atoms with Crippen molar-refractivity contribution >= 4 is 28.6 Å². The van der Waals surface area contributed by atoms with Gasteiger partial charge in [-0.1, -0.05) is 6.92 Å². The molecule has 9 nitrogen and oxygen atoms in total. The number of hydrogen-bond acceptors (Lipinski definition) is 7. The summed E-state index contributed by atoms with van der Waals surface area (Å²) in [6, 6.07) is 8.30. The van der Waals surface area contributed by atoms with Gasteiger partial charge in [0.1, 0.15) is 5.82 Å². The highest BCUT2D eigenvalue weighted by Crippen LogP contribution is 2.25. The van der Waals surface area contributed by atoms with Crippen LogP contribution in [0.2, 0.25) is 0 Å². The number of fused-ring (bicyclic) bond motifs is 1. The Morgan fingerprint density at radius 1 is 1.18 bits per heavy atom. The molecule has 2 N–H and O–H groups in total. The minimum absolute atomic E-state index is 0.121. The fourth-order valence-electron chi connectivity index (χ4n) is 3.79. The Morgan fingerprint density at radius 2 is 2.00 bits per heavy atom. The molecule has 2 aromatic heterocycles. The molecule has 1 aromatic carbocycles. The fourth-order valence-corrected chi connectivity index (χ4v) is 3.79. The normalized spacial score (nSPS) is 14.0. The van der Waals surface area contributed by atoms with Gasteiger partial charge in [-0.25, -0.2) is 4.98 Å². The standard InChI is InChI=1S/C24H33N7O2/c1-4-8-26-23-20-6-5-19(14-21(20)27-24(28-23)29(2)3)31-9-7-18(17-31)15-25-16-22(32)30-10-12-33-13-11-30/h5-7,9,14,17,25H,4,8,10-13,15-16H2,1-3H3,(H,26,27,28). The van der Waals surface area contributed by atoms with Crippen LogP contribution in [0.3, 0.4) is 0 Å². The average Bonchev–Trinajstić information content (AvgIpc) is 3.31. The molecule has 0 bridgehead atoms. The Bertz CT molecular complexity index is 1090. The van der Waals surface area contributed by atoms with Gasteiger partial charge >= 0.3 is 0 Å². The molecule has 1 aliphatic heterocycles. The number of benzene rings is 1. The van der Waals surface area contributed by atoms with Crippen molar-refractivity contribution in [3.63, 3.8) is 0 Å². The third kappa shape index (κ3) is 5.61. The van der Waals surface area contributed by atoms with Crippen molar-refractivity contribution in [3.05, 3.63) is 42.2 Å². The first kappa shape index (κ1) is 23.0. The first-order chi connectivity index (χ1) is 16.0. The zero-order valence-electron chi connectivity index (χ0n) is 19.7. The number of carbonyl (C=O) groups is 1. The summed E-state index contributed by atoms with van der Waals surface area (Å²) in [5, 5.41) is 7.69. The topological polar surface area (TPSA) is 87.6 Å². The van der Waals surface area contributed by atoms with Gasteiger partial charge in [-0.05, 0) is 36.2 Å². The minimum Gasteiger partial charge on any atom is -0.378 e. The smallest absolute Gasteiger partial charge is 0.236 e. The number of amides is 1. The fraction of sp³-hybridized carbons (Fsp3) is 0.458. The molecule has 0 saturated carbocycles. The van der Waals surface area contributed by atoms with Gasteiger partial charge in [0, 0.05) is 63.7 Å². The van der Waals surface area contributed by atoms with E-state index in [0.717, 1.165) is 40.9 Å². The highest BCUT2D eigenvalue weighted by atomic mass is 16.5. The molecule has 0 unspecified atom stereocenters. The van der Waals surface area contributed by atoms with E-state index in [1.165, 1.54) is 0 Å². The molecule has 0 spiro atoms. The quantitative estimate of drug-likeness (QED) is 0.516. The second-order valence-corrected chi connectivity index (χ2v) is 8.42. The molecule has 0 atom stereocenters. The van der Waals surface area contributed by atoms with Crippen molar-refractivity contribution in [2.75, 3.05) is 63.7 Å². The Labute approximate surface area is 194 Å². The summed E-state index contributed by atoms with van der Waals surface area (Å²) in [6.07, 6.45) is 5.14. The Kier molecular flexibility index (Phi) is 7.41. The maximum atomic E-state index is 12.3. The van der Waals surface area contributed by atoms with Gasteiger partial charge in [0.2, 0.25) is 11.9 Å². The summed E-state index contributed by atoms with van der Waals surface area (Å²) in [5.74, 6) is 1.66. The number of ether oxygens (including phenoxy) is 1. The van der Waals surface area contributed by atoms with Crippen LogP contribution in [0.5, 0.6) is 0 Å². The summed E-state index contributed by atoms with van der Waals surface area (Å²) in [4.78, 5) is 25.5. The second-order valence-electron chi connectivity index (χ2n) is 8.42. The summed E-state index contributed by atoms with van der Waals surface area (Å²) in [5.41, 5.74) is 3.05. The van der Waals surface area contributed by atoms with E-state index < -0.39 is 0 Å². The van der Waals surface area contributed by atoms with E-state index in [9.17, 15) is 4.79 Å². The van der Waals surface area contributed by atoms with E-state index in [0.29, 0.717) is 45.3 Å². The van der Waals surface area contributed by atoms with Crippen LogP contribution in [0, 0.1) is 0 Å². The largest absolute Gasteiger partial charge is 0.378 e. The molecule has 4 rings (SSSR count).